The van der Waals surface area contributed by atoms with Gasteiger partial charge in [0, 0.05) is 23.5 Å². The van der Waals surface area contributed by atoms with E-state index < -0.39 is 5.91 Å². The van der Waals surface area contributed by atoms with E-state index in [1.807, 2.05) is 24.3 Å². The lowest BCUT2D eigenvalue weighted by molar-refractivity contribution is 0.100. The maximum Gasteiger partial charge on any atom is 0.250 e. The van der Waals surface area contributed by atoms with Gasteiger partial charge < -0.3 is 21.5 Å². The van der Waals surface area contributed by atoms with Crippen LogP contribution in [0.1, 0.15) is 15.9 Å². The molecule has 0 heterocycles. The van der Waals surface area contributed by atoms with Crippen molar-refractivity contribution in [2.45, 2.75) is 6.54 Å². The van der Waals surface area contributed by atoms with Crippen LogP contribution in [0, 0.1) is 0 Å². The Labute approximate surface area is 117 Å². The Kier molecular flexibility index (Phi) is 4.10. The number of methoxy groups -OCH3 is 1. The predicted molar refractivity (Wildman–Crippen MR) is 79.7 cm³/mol. The Morgan fingerprint density at radius 2 is 2.00 bits per heavy atom. The highest BCUT2D eigenvalue weighted by atomic mass is 16.5. The van der Waals surface area contributed by atoms with Gasteiger partial charge >= 0.3 is 0 Å². The minimum absolute atomic E-state index is 0.375. The number of primary amides is 1. The quantitative estimate of drug-likeness (QED) is 0.725. The van der Waals surface area contributed by atoms with Gasteiger partial charge in [0.15, 0.2) is 0 Å². The molecule has 0 fully saturated rings. The molecule has 0 saturated heterocycles. The molecule has 0 spiro atoms. The summed E-state index contributed by atoms with van der Waals surface area (Å²) in [5.41, 5.74) is 13.5. The maximum absolute atomic E-state index is 11.4. The van der Waals surface area contributed by atoms with Crippen LogP contribution in [0.4, 0.5) is 11.4 Å². The lowest BCUT2D eigenvalue weighted by atomic mass is 10.1. The highest BCUT2D eigenvalue weighted by Crippen LogP contribution is 2.22. The van der Waals surface area contributed by atoms with Crippen LogP contribution in [0.5, 0.6) is 5.75 Å². The Balaban J connectivity index is 2.21. The summed E-state index contributed by atoms with van der Waals surface area (Å²) in [6, 6.07) is 12.7. The van der Waals surface area contributed by atoms with Gasteiger partial charge in [0.05, 0.1) is 12.7 Å². The van der Waals surface area contributed by atoms with Gasteiger partial charge in [0.25, 0.3) is 5.91 Å². The van der Waals surface area contributed by atoms with Crippen LogP contribution >= 0.6 is 0 Å². The van der Waals surface area contributed by atoms with E-state index in [-0.39, 0.29) is 0 Å². The van der Waals surface area contributed by atoms with Gasteiger partial charge in [-0.3, -0.25) is 4.79 Å². The van der Waals surface area contributed by atoms with E-state index in [0.717, 1.165) is 11.3 Å². The Morgan fingerprint density at radius 1 is 1.25 bits per heavy atom. The van der Waals surface area contributed by atoms with Gasteiger partial charge in [-0.15, -0.1) is 0 Å². The average Bonchev–Trinajstić information content (AvgIpc) is 2.46. The third kappa shape index (κ3) is 3.00. The van der Waals surface area contributed by atoms with Gasteiger partial charge in [0.1, 0.15) is 5.75 Å². The second-order valence-corrected chi connectivity index (χ2v) is 4.33. The first-order chi connectivity index (χ1) is 9.61. The van der Waals surface area contributed by atoms with Crippen molar-refractivity contribution in [2.75, 3.05) is 18.2 Å². The minimum Gasteiger partial charge on any atom is -0.496 e. The van der Waals surface area contributed by atoms with Crippen molar-refractivity contribution in [1.82, 2.24) is 0 Å². The van der Waals surface area contributed by atoms with Gasteiger partial charge in [0.2, 0.25) is 0 Å². The first kappa shape index (κ1) is 13.7. The van der Waals surface area contributed by atoms with Crippen molar-refractivity contribution < 1.29 is 9.53 Å². The number of carbonyl (C=O) groups is 1. The van der Waals surface area contributed by atoms with Crippen LogP contribution < -0.4 is 21.5 Å². The minimum atomic E-state index is -0.514. The summed E-state index contributed by atoms with van der Waals surface area (Å²) >= 11 is 0. The van der Waals surface area contributed by atoms with Crippen LogP contribution in [0.15, 0.2) is 42.5 Å². The summed E-state index contributed by atoms with van der Waals surface area (Å²) in [6.45, 7) is 0.522. The molecule has 0 aromatic heterocycles. The third-order valence-corrected chi connectivity index (χ3v) is 2.97. The standard InChI is InChI=1S/C15H17N3O2/c1-20-14-5-3-2-4-10(14)9-18-13-7-6-11(16)8-12(13)15(17)19/h2-8,18H,9,16H2,1H3,(H2,17,19). The van der Waals surface area contributed by atoms with Crippen molar-refractivity contribution in [3.8, 4) is 5.75 Å². The van der Waals surface area contributed by atoms with E-state index >= 15 is 0 Å². The second-order valence-electron chi connectivity index (χ2n) is 4.33. The van der Waals surface area contributed by atoms with E-state index in [9.17, 15) is 4.79 Å². The smallest absolute Gasteiger partial charge is 0.250 e. The summed E-state index contributed by atoms with van der Waals surface area (Å²) in [4.78, 5) is 11.4. The fraction of sp³-hybridized carbons (Fsp3) is 0.133. The molecule has 20 heavy (non-hydrogen) atoms. The summed E-state index contributed by atoms with van der Waals surface area (Å²) in [5.74, 6) is 0.274. The molecule has 0 bridgehead atoms. The number of ether oxygens (including phenoxy) is 1. The molecule has 2 rings (SSSR count). The number of hydrogen-bond acceptors (Lipinski definition) is 4. The molecule has 0 aliphatic carbocycles. The zero-order valence-corrected chi connectivity index (χ0v) is 11.2. The van der Waals surface area contributed by atoms with Gasteiger partial charge in [-0.2, -0.15) is 0 Å². The topological polar surface area (TPSA) is 90.4 Å². The molecule has 5 nitrogen and oxygen atoms in total. The predicted octanol–water partition coefficient (Wildman–Crippen LogP) is 1.99. The summed E-state index contributed by atoms with van der Waals surface area (Å²) in [5, 5.41) is 3.18. The monoisotopic (exact) mass is 271 g/mol. The largest absolute Gasteiger partial charge is 0.496 e. The fourth-order valence-electron chi connectivity index (χ4n) is 1.96. The molecule has 5 heteroatoms. The molecule has 1 amide bonds. The van der Waals surface area contributed by atoms with Gasteiger partial charge in [-0.1, -0.05) is 18.2 Å². The zero-order chi connectivity index (χ0) is 14.5. The SMILES string of the molecule is COc1ccccc1CNc1ccc(N)cc1C(N)=O. The Bertz CT molecular complexity index is 626. The van der Waals surface area contributed by atoms with Crippen LogP contribution in [0.3, 0.4) is 0 Å². The van der Waals surface area contributed by atoms with E-state index in [1.54, 1.807) is 25.3 Å². The number of para-hydroxylation sites is 1. The number of nitrogens with one attached hydrogen (secondary N) is 1. The van der Waals surface area contributed by atoms with Crippen LogP contribution in [0.2, 0.25) is 0 Å². The highest BCUT2D eigenvalue weighted by molar-refractivity contribution is 5.99. The Morgan fingerprint density at radius 3 is 2.70 bits per heavy atom. The molecule has 5 N–H and O–H groups in total. The number of benzene rings is 2. The summed E-state index contributed by atoms with van der Waals surface area (Å²) < 4.78 is 5.28. The molecule has 2 aromatic carbocycles. The molecule has 104 valence electrons. The molecule has 0 radical (unpaired) electrons. The zero-order valence-electron chi connectivity index (χ0n) is 11.2. The van der Waals surface area contributed by atoms with Crippen LogP contribution in [0.25, 0.3) is 0 Å². The van der Waals surface area contributed by atoms with Crippen molar-refractivity contribution in [3.63, 3.8) is 0 Å². The van der Waals surface area contributed by atoms with Crippen LogP contribution in [-0.4, -0.2) is 13.0 Å². The third-order valence-electron chi connectivity index (χ3n) is 2.97. The van der Waals surface area contributed by atoms with E-state index in [0.29, 0.717) is 23.5 Å². The summed E-state index contributed by atoms with van der Waals surface area (Å²) in [7, 11) is 1.62. The lowest BCUT2D eigenvalue weighted by Gasteiger charge is -2.13. The van der Waals surface area contributed by atoms with E-state index in [1.165, 1.54) is 0 Å². The number of amides is 1. The Hall–Kier alpha value is -2.69. The maximum atomic E-state index is 11.4. The average molecular weight is 271 g/mol. The summed E-state index contributed by atoms with van der Waals surface area (Å²) in [6.07, 6.45) is 0. The van der Waals surface area contributed by atoms with Crippen molar-refractivity contribution in [1.29, 1.82) is 0 Å². The number of nitrogens with two attached hydrogens (primary N) is 2. The van der Waals surface area contributed by atoms with Gasteiger partial charge in [-0.25, -0.2) is 0 Å². The molecule has 0 aliphatic rings. The number of nitrogen functional groups attached to an aromatic ring is 1. The molecule has 0 saturated carbocycles. The molecular formula is C15H17N3O2. The normalized spacial score (nSPS) is 10.1. The molecule has 0 aliphatic heterocycles. The second kappa shape index (κ2) is 5.97. The van der Waals surface area contributed by atoms with Crippen LogP contribution in [-0.2, 0) is 6.54 Å². The number of anilines is 2. The number of hydrogen-bond donors (Lipinski definition) is 3. The molecular weight excluding hydrogens is 254 g/mol. The van der Waals surface area contributed by atoms with E-state index in [4.69, 9.17) is 16.2 Å². The first-order valence-electron chi connectivity index (χ1n) is 6.17. The van der Waals surface area contributed by atoms with Gasteiger partial charge in [-0.05, 0) is 24.3 Å². The van der Waals surface area contributed by atoms with Crippen molar-refractivity contribution >= 4 is 17.3 Å². The molecule has 2 aromatic rings. The highest BCUT2D eigenvalue weighted by Gasteiger charge is 2.09. The van der Waals surface area contributed by atoms with E-state index in [2.05, 4.69) is 5.32 Å². The number of rotatable bonds is 5. The lowest BCUT2D eigenvalue weighted by Crippen LogP contribution is -2.15. The first-order valence-corrected chi connectivity index (χ1v) is 6.17. The van der Waals surface area contributed by atoms with Crippen molar-refractivity contribution in [2.24, 2.45) is 5.73 Å². The fourth-order valence-corrected chi connectivity index (χ4v) is 1.96. The molecule has 0 atom stereocenters. The number of carbonyl (C=O) groups excluding carboxylic acids is 1. The molecule has 0 unspecified atom stereocenters. The van der Waals surface area contributed by atoms with Crippen molar-refractivity contribution in [3.05, 3.63) is 53.6 Å².